The molecule has 0 saturated heterocycles. The zero-order valence-corrected chi connectivity index (χ0v) is 13.1. The van der Waals surface area contributed by atoms with Crippen LogP contribution in [0.5, 0.6) is 0 Å². The second-order valence-electron chi connectivity index (χ2n) is 6.56. The van der Waals surface area contributed by atoms with Gasteiger partial charge in [0.05, 0.1) is 11.8 Å². The van der Waals surface area contributed by atoms with Crippen LogP contribution in [0, 0.1) is 5.41 Å². The highest BCUT2D eigenvalue weighted by Crippen LogP contribution is 2.39. The predicted octanol–water partition coefficient (Wildman–Crippen LogP) is 1.03. The van der Waals surface area contributed by atoms with Crippen LogP contribution < -0.4 is 4.72 Å². The van der Waals surface area contributed by atoms with Gasteiger partial charge >= 0.3 is 0 Å². The molecule has 0 bridgehead atoms. The molecule has 0 aromatic carbocycles. The normalized spacial score (nSPS) is 21.8. The first-order valence-corrected chi connectivity index (χ1v) is 8.31. The minimum absolute atomic E-state index is 0.0559. The molecule has 1 saturated carbocycles. The molecule has 0 amide bonds. The lowest BCUT2D eigenvalue weighted by atomic mass is 9.71. The van der Waals surface area contributed by atoms with Gasteiger partial charge in [0.15, 0.2) is 0 Å². The predicted molar refractivity (Wildman–Crippen MR) is 75.6 cm³/mol. The summed E-state index contributed by atoms with van der Waals surface area (Å²) in [5.41, 5.74) is -0.709. The van der Waals surface area contributed by atoms with Gasteiger partial charge in [0.25, 0.3) is 0 Å². The zero-order valence-electron chi connectivity index (χ0n) is 12.3. The van der Waals surface area contributed by atoms with Gasteiger partial charge in [-0.05, 0) is 31.1 Å². The van der Waals surface area contributed by atoms with Crippen molar-refractivity contribution in [3.8, 4) is 0 Å². The minimum atomic E-state index is -3.60. The summed E-state index contributed by atoms with van der Waals surface area (Å²) >= 11 is 0. The van der Waals surface area contributed by atoms with Crippen LogP contribution in [-0.4, -0.2) is 35.5 Å². The molecule has 2 N–H and O–H groups in total. The summed E-state index contributed by atoms with van der Waals surface area (Å²) in [6.07, 6.45) is 5.79. The molecule has 6 nitrogen and oxygen atoms in total. The quantitative estimate of drug-likeness (QED) is 0.870. The Labute approximate surface area is 120 Å². The van der Waals surface area contributed by atoms with Gasteiger partial charge < -0.3 is 5.11 Å². The molecular weight excluding hydrogens is 278 g/mol. The topological polar surface area (TPSA) is 84.2 Å². The largest absolute Gasteiger partial charge is 0.389 e. The third kappa shape index (κ3) is 3.59. The van der Waals surface area contributed by atoms with E-state index in [4.69, 9.17) is 0 Å². The van der Waals surface area contributed by atoms with E-state index in [1.807, 2.05) is 0 Å². The highest BCUT2D eigenvalue weighted by atomic mass is 32.2. The van der Waals surface area contributed by atoms with E-state index in [0.717, 1.165) is 12.8 Å². The fourth-order valence-electron chi connectivity index (χ4n) is 2.42. The molecule has 1 aromatic heterocycles. The van der Waals surface area contributed by atoms with Gasteiger partial charge in [-0.15, -0.1) is 0 Å². The molecule has 0 aliphatic heterocycles. The van der Waals surface area contributed by atoms with Gasteiger partial charge in [-0.2, -0.15) is 5.10 Å². The van der Waals surface area contributed by atoms with Crippen LogP contribution in [-0.2, 0) is 17.1 Å². The summed E-state index contributed by atoms with van der Waals surface area (Å²) < 4.78 is 28.1. The van der Waals surface area contributed by atoms with Gasteiger partial charge in [0.2, 0.25) is 10.0 Å². The van der Waals surface area contributed by atoms with Crippen molar-refractivity contribution in [1.29, 1.82) is 0 Å². The number of aromatic nitrogens is 2. The number of nitrogens with one attached hydrogen (secondary N) is 1. The lowest BCUT2D eigenvalue weighted by Gasteiger charge is -2.40. The Morgan fingerprint density at radius 1 is 1.35 bits per heavy atom. The molecule has 114 valence electrons. The average Bonchev–Trinajstić information content (AvgIpc) is 2.79. The van der Waals surface area contributed by atoms with E-state index in [1.54, 1.807) is 7.05 Å². The van der Waals surface area contributed by atoms with Crippen LogP contribution in [0.2, 0.25) is 0 Å². The molecule has 0 radical (unpaired) electrons. The van der Waals surface area contributed by atoms with E-state index >= 15 is 0 Å². The first kappa shape index (κ1) is 15.5. The molecule has 1 heterocycles. The standard InChI is InChI=1S/C13H23N3O3S/c1-12(2)4-6-13(17,7-5-12)10-15-20(18,19)11-8-14-16(3)9-11/h8-9,15,17H,4-7,10H2,1-3H3. The molecule has 1 aromatic rings. The molecule has 2 rings (SSSR count). The van der Waals surface area contributed by atoms with Crippen LogP contribution in [0.1, 0.15) is 39.5 Å². The summed E-state index contributed by atoms with van der Waals surface area (Å²) in [7, 11) is -1.94. The summed E-state index contributed by atoms with van der Waals surface area (Å²) in [6.45, 7) is 4.40. The molecule has 1 aliphatic carbocycles. The van der Waals surface area contributed by atoms with Crippen molar-refractivity contribution in [2.75, 3.05) is 6.54 Å². The number of rotatable bonds is 4. The van der Waals surface area contributed by atoms with E-state index < -0.39 is 15.6 Å². The van der Waals surface area contributed by atoms with E-state index in [0.29, 0.717) is 12.8 Å². The van der Waals surface area contributed by atoms with Crippen molar-refractivity contribution in [2.24, 2.45) is 12.5 Å². The number of hydrogen-bond donors (Lipinski definition) is 2. The van der Waals surface area contributed by atoms with Gasteiger partial charge in [0, 0.05) is 19.8 Å². The maximum absolute atomic E-state index is 12.1. The Kier molecular flexibility index (Phi) is 3.96. The lowest BCUT2D eigenvalue weighted by molar-refractivity contribution is -0.0205. The number of sulfonamides is 1. The van der Waals surface area contributed by atoms with Gasteiger partial charge in [-0.1, -0.05) is 13.8 Å². The highest BCUT2D eigenvalue weighted by molar-refractivity contribution is 7.89. The molecule has 0 unspecified atom stereocenters. The molecule has 1 fully saturated rings. The monoisotopic (exact) mass is 301 g/mol. The Hall–Kier alpha value is -0.920. The summed E-state index contributed by atoms with van der Waals surface area (Å²) in [6, 6.07) is 0. The fraction of sp³-hybridized carbons (Fsp3) is 0.769. The molecular formula is C13H23N3O3S. The van der Waals surface area contributed by atoms with Gasteiger partial charge in [-0.25, -0.2) is 13.1 Å². The molecule has 1 aliphatic rings. The van der Waals surface area contributed by atoms with Gasteiger partial charge in [-0.3, -0.25) is 4.68 Å². The average molecular weight is 301 g/mol. The van der Waals surface area contributed by atoms with Gasteiger partial charge in [0.1, 0.15) is 4.90 Å². The Morgan fingerprint density at radius 2 is 1.95 bits per heavy atom. The SMILES string of the molecule is Cn1cc(S(=O)(=O)NCC2(O)CCC(C)(C)CC2)cn1. The van der Waals surface area contributed by atoms with E-state index in [1.165, 1.54) is 17.1 Å². The zero-order chi connectivity index (χ0) is 15.0. The molecule has 0 atom stereocenters. The molecule has 0 spiro atoms. The fourth-order valence-corrected chi connectivity index (χ4v) is 3.52. The van der Waals surface area contributed by atoms with Crippen LogP contribution in [0.25, 0.3) is 0 Å². The Balaban J connectivity index is 1.98. The summed E-state index contributed by atoms with van der Waals surface area (Å²) in [5, 5.41) is 14.3. The smallest absolute Gasteiger partial charge is 0.243 e. The first-order chi connectivity index (χ1) is 9.12. The van der Waals surface area contributed by atoms with E-state index in [2.05, 4.69) is 23.7 Å². The van der Waals surface area contributed by atoms with Crippen molar-refractivity contribution in [3.05, 3.63) is 12.4 Å². The second kappa shape index (κ2) is 5.13. The Bertz CT molecular complexity index is 567. The van der Waals surface area contributed by atoms with Crippen LogP contribution in [0.3, 0.4) is 0 Å². The third-order valence-corrected chi connectivity index (χ3v) is 5.47. The number of aliphatic hydroxyl groups is 1. The van der Waals surface area contributed by atoms with E-state index in [-0.39, 0.29) is 16.9 Å². The number of aryl methyl sites for hydroxylation is 1. The first-order valence-electron chi connectivity index (χ1n) is 6.83. The molecule has 7 heteroatoms. The summed E-state index contributed by atoms with van der Waals surface area (Å²) in [4.78, 5) is 0.125. The van der Waals surface area contributed by atoms with Crippen LogP contribution in [0.15, 0.2) is 17.3 Å². The van der Waals surface area contributed by atoms with Crippen molar-refractivity contribution in [1.82, 2.24) is 14.5 Å². The maximum atomic E-state index is 12.1. The Morgan fingerprint density at radius 3 is 2.45 bits per heavy atom. The van der Waals surface area contributed by atoms with E-state index in [9.17, 15) is 13.5 Å². The maximum Gasteiger partial charge on any atom is 0.243 e. The second-order valence-corrected chi connectivity index (χ2v) is 8.33. The number of nitrogens with zero attached hydrogens (tertiary/aromatic N) is 2. The van der Waals surface area contributed by atoms with Crippen molar-refractivity contribution in [3.63, 3.8) is 0 Å². The van der Waals surface area contributed by atoms with Crippen LogP contribution in [0.4, 0.5) is 0 Å². The van der Waals surface area contributed by atoms with Crippen molar-refractivity contribution in [2.45, 2.75) is 50.0 Å². The van der Waals surface area contributed by atoms with Crippen LogP contribution >= 0.6 is 0 Å². The lowest BCUT2D eigenvalue weighted by Crippen LogP contribution is -2.46. The highest BCUT2D eigenvalue weighted by Gasteiger charge is 2.37. The minimum Gasteiger partial charge on any atom is -0.389 e. The molecule has 20 heavy (non-hydrogen) atoms. The van der Waals surface area contributed by atoms with Crippen molar-refractivity contribution < 1.29 is 13.5 Å². The van der Waals surface area contributed by atoms with Crippen molar-refractivity contribution >= 4 is 10.0 Å². The third-order valence-electron chi connectivity index (χ3n) is 4.12. The number of hydrogen-bond acceptors (Lipinski definition) is 4. The summed E-state index contributed by atoms with van der Waals surface area (Å²) in [5.74, 6) is 0.